The zero-order chi connectivity index (χ0) is 20.3. The van der Waals surface area contributed by atoms with Gasteiger partial charge in [0.1, 0.15) is 11.4 Å². The van der Waals surface area contributed by atoms with E-state index < -0.39 is 23.0 Å². The van der Waals surface area contributed by atoms with Gasteiger partial charge in [-0.05, 0) is 36.4 Å². The Balaban J connectivity index is 2.03. The van der Waals surface area contributed by atoms with E-state index in [1.807, 2.05) is 0 Å². The molecule has 1 amide bonds. The monoisotopic (exact) mass is 385 g/mol. The van der Waals surface area contributed by atoms with Crippen molar-refractivity contribution in [1.82, 2.24) is 9.55 Å². The van der Waals surface area contributed by atoms with Gasteiger partial charge in [-0.1, -0.05) is 0 Å². The van der Waals surface area contributed by atoms with E-state index in [4.69, 9.17) is 9.47 Å². The molecule has 28 heavy (non-hydrogen) atoms. The molecular formula is C19H16FN3O5. The number of nitrogens with one attached hydrogen (secondary N) is 2. The number of nitrogens with zero attached hydrogens (tertiary/aromatic N) is 1. The van der Waals surface area contributed by atoms with Gasteiger partial charge in [-0.25, -0.2) is 13.8 Å². The lowest BCUT2D eigenvalue weighted by Crippen LogP contribution is -2.38. The van der Waals surface area contributed by atoms with Crippen molar-refractivity contribution in [1.29, 1.82) is 0 Å². The van der Waals surface area contributed by atoms with Crippen LogP contribution < -0.4 is 26.0 Å². The number of methoxy groups -OCH3 is 2. The minimum atomic E-state index is -0.824. The van der Waals surface area contributed by atoms with Gasteiger partial charge in [-0.15, -0.1) is 0 Å². The number of ether oxygens (including phenoxy) is 2. The summed E-state index contributed by atoms with van der Waals surface area (Å²) in [5.74, 6) is -0.478. The standard InChI is InChI=1S/C19H16FN3O5/c1-27-15-8-7-13(9-16(15)28-2)23-18(25)14(10-21-19(23)26)17(24)22-12-5-3-11(20)4-6-12/h3-10H,1-2H3,(H,21,26)(H,22,24). The molecule has 0 bridgehead atoms. The SMILES string of the molecule is COc1ccc(-n2c(=O)[nH]cc(C(=O)Nc3ccc(F)cc3)c2=O)cc1OC. The van der Waals surface area contributed by atoms with Crippen LogP contribution in [-0.2, 0) is 0 Å². The maximum Gasteiger partial charge on any atom is 0.333 e. The fourth-order valence-electron chi connectivity index (χ4n) is 2.57. The third kappa shape index (κ3) is 3.63. The Morgan fingerprint density at radius 2 is 1.71 bits per heavy atom. The molecule has 1 aromatic heterocycles. The summed E-state index contributed by atoms with van der Waals surface area (Å²) >= 11 is 0. The third-order valence-electron chi connectivity index (χ3n) is 3.95. The van der Waals surface area contributed by atoms with E-state index in [-0.39, 0.29) is 11.3 Å². The number of aromatic amines is 1. The Kier molecular flexibility index (Phi) is 5.25. The topological polar surface area (TPSA) is 102 Å². The van der Waals surface area contributed by atoms with E-state index in [1.165, 1.54) is 56.7 Å². The van der Waals surface area contributed by atoms with Crippen molar-refractivity contribution in [2.75, 3.05) is 19.5 Å². The first-order chi connectivity index (χ1) is 13.4. The number of hydrogen-bond acceptors (Lipinski definition) is 5. The molecule has 0 spiro atoms. The summed E-state index contributed by atoms with van der Waals surface area (Å²) < 4.78 is 24.1. The van der Waals surface area contributed by atoms with Crippen LogP contribution in [0.25, 0.3) is 5.69 Å². The first-order valence-corrected chi connectivity index (χ1v) is 8.08. The van der Waals surface area contributed by atoms with Crippen LogP contribution in [0.15, 0.2) is 58.3 Å². The van der Waals surface area contributed by atoms with E-state index in [2.05, 4.69) is 10.3 Å². The second kappa shape index (κ2) is 7.78. The lowest BCUT2D eigenvalue weighted by atomic mass is 10.2. The van der Waals surface area contributed by atoms with Gasteiger partial charge < -0.3 is 19.8 Å². The summed E-state index contributed by atoms with van der Waals surface area (Å²) in [6.07, 6.45) is 1.03. The van der Waals surface area contributed by atoms with Gasteiger partial charge in [0.2, 0.25) is 0 Å². The Labute approximate surface area is 158 Å². The number of halogens is 1. The summed E-state index contributed by atoms with van der Waals surface area (Å²) in [6, 6.07) is 9.51. The van der Waals surface area contributed by atoms with Crippen molar-refractivity contribution in [3.05, 3.63) is 80.9 Å². The highest BCUT2D eigenvalue weighted by Gasteiger charge is 2.17. The molecule has 0 aliphatic rings. The van der Waals surface area contributed by atoms with Crippen molar-refractivity contribution in [2.24, 2.45) is 0 Å². The van der Waals surface area contributed by atoms with Crippen molar-refractivity contribution >= 4 is 11.6 Å². The minimum Gasteiger partial charge on any atom is -0.493 e. The first-order valence-electron chi connectivity index (χ1n) is 8.08. The summed E-state index contributed by atoms with van der Waals surface area (Å²) in [4.78, 5) is 39.8. The van der Waals surface area contributed by atoms with Crippen LogP contribution in [0.3, 0.4) is 0 Å². The fourth-order valence-corrected chi connectivity index (χ4v) is 2.57. The molecule has 9 heteroatoms. The van der Waals surface area contributed by atoms with E-state index in [0.717, 1.165) is 10.8 Å². The number of amides is 1. The highest BCUT2D eigenvalue weighted by atomic mass is 19.1. The summed E-state index contributed by atoms with van der Waals surface area (Å²) in [5, 5.41) is 2.48. The lowest BCUT2D eigenvalue weighted by Gasteiger charge is -2.11. The number of carbonyl (C=O) groups excluding carboxylic acids is 1. The van der Waals surface area contributed by atoms with Gasteiger partial charge in [0, 0.05) is 18.0 Å². The molecule has 144 valence electrons. The molecule has 8 nitrogen and oxygen atoms in total. The molecule has 0 aliphatic heterocycles. The highest BCUT2D eigenvalue weighted by molar-refractivity contribution is 6.03. The van der Waals surface area contributed by atoms with E-state index >= 15 is 0 Å². The number of rotatable bonds is 5. The molecule has 0 radical (unpaired) electrons. The van der Waals surface area contributed by atoms with Crippen LogP contribution in [0.2, 0.25) is 0 Å². The maximum absolute atomic E-state index is 13.0. The smallest absolute Gasteiger partial charge is 0.333 e. The molecule has 0 saturated heterocycles. The predicted molar refractivity (Wildman–Crippen MR) is 100 cm³/mol. The Morgan fingerprint density at radius 1 is 1.04 bits per heavy atom. The highest BCUT2D eigenvalue weighted by Crippen LogP contribution is 2.28. The van der Waals surface area contributed by atoms with E-state index in [9.17, 15) is 18.8 Å². The summed E-state index contributed by atoms with van der Waals surface area (Å²) in [6.45, 7) is 0. The van der Waals surface area contributed by atoms with Crippen molar-refractivity contribution in [3.8, 4) is 17.2 Å². The normalized spacial score (nSPS) is 10.4. The Morgan fingerprint density at radius 3 is 2.36 bits per heavy atom. The number of H-pyrrole nitrogens is 1. The minimum absolute atomic E-state index is 0.195. The third-order valence-corrected chi connectivity index (χ3v) is 3.95. The van der Waals surface area contributed by atoms with Crippen LogP contribution in [0.1, 0.15) is 10.4 Å². The molecule has 0 atom stereocenters. The average molecular weight is 385 g/mol. The molecule has 3 aromatic rings. The second-order valence-electron chi connectivity index (χ2n) is 5.65. The van der Waals surface area contributed by atoms with Gasteiger partial charge in [0.05, 0.1) is 19.9 Å². The molecule has 0 aliphatic carbocycles. The van der Waals surface area contributed by atoms with Crippen LogP contribution in [-0.4, -0.2) is 29.7 Å². The van der Waals surface area contributed by atoms with Crippen LogP contribution in [0.5, 0.6) is 11.5 Å². The fraction of sp³-hybridized carbons (Fsp3) is 0.105. The number of hydrogen-bond donors (Lipinski definition) is 2. The molecular weight excluding hydrogens is 369 g/mol. The zero-order valence-corrected chi connectivity index (χ0v) is 15.0. The van der Waals surface area contributed by atoms with Gasteiger partial charge in [0.15, 0.2) is 11.5 Å². The van der Waals surface area contributed by atoms with Crippen LogP contribution in [0.4, 0.5) is 10.1 Å². The molecule has 2 N–H and O–H groups in total. The first kappa shape index (κ1) is 18.9. The summed E-state index contributed by atoms with van der Waals surface area (Å²) in [5.41, 5.74) is -1.35. The molecule has 0 fully saturated rings. The number of carbonyl (C=O) groups is 1. The Hall–Kier alpha value is -3.88. The zero-order valence-electron chi connectivity index (χ0n) is 15.0. The average Bonchev–Trinajstić information content (AvgIpc) is 2.69. The Bertz CT molecular complexity index is 1140. The second-order valence-corrected chi connectivity index (χ2v) is 5.65. The van der Waals surface area contributed by atoms with Gasteiger partial charge in [-0.2, -0.15) is 0 Å². The van der Waals surface area contributed by atoms with Gasteiger partial charge in [-0.3, -0.25) is 9.59 Å². The van der Waals surface area contributed by atoms with Crippen molar-refractivity contribution < 1.29 is 18.7 Å². The van der Waals surface area contributed by atoms with E-state index in [1.54, 1.807) is 0 Å². The van der Waals surface area contributed by atoms with E-state index in [0.29, 0.717) is 17.2 Å². The van der Waals surface area contributed by atoms with Gasteiger partial charge in [0.25, 0.3) is 11.5 Å². The predicted octanol–water partition coefficient (Wildman–Crippen LogP) is 1.93. The number of benzene rings is 2. The number of aromatic nitrogens is 2. The van der Waals surface area contributed by atoms with Crippen molar-refractivity contribution in [3.63, 3.8) is 0 Å². The molecule has 3 rings (SSSR count). The van der Waals surface area contributed by atoms with Gasteiger partial charge >= 0.3 is 5.69 Å². The maximum atomic E-state index is 13.0. The molecule has 1 heterocycles. The van der Waals surface area contributed by atoms with Crippen LogP contribution >= 0.6 is 0 Å². The quantitative estimate of drug-likeness (QED) is 0.699. The lowest BCUT2D eigenvalue weighted by molar-refractivity contribution is 0.102. The van der Waals surface area contributed by atoms with Crippen LogP contribution in [0, 0.1) is 5.82 Å². The van der Waals surface area contributed by atoms with Crippen molar-refractivity contribution in [2.45, 2.75) is 0 Å². The number of anilines is 1. The summed E-state index contributed by atoms with van der Waals surface area (Å²) in [7, 11) is 2.87. The molecule has 0 unspecified atom stereocenters. The molecule has 0 saturated carbocycles. The molecule has 2 aromatic carbocycles. The largest absolute Gasteiger partial charge is 0.493 e.